The predicted octanol–water partition coefficient (Wildman–Crippen LogP) is 7.78. The first-order chi connectivity index (χ1) is 19.1. The Hall–Kier alpha value is 1.07. The van der Waals surface area contributed by atoms with E-state index < -0.39 is 5.97 Å². The van der Waals surface area contributed by atoms with Crippen LogP contribution in [-0.4, -0.2) is 30.0 Å². The van der Waals surface area contributed by atoms with Crippen molar-refractivity contribution in [2.75, 3.05) is 13.1 Å². The zero-order valence-electron chi connectivity index (χ0n) is 28.3. The fourth-order valence-electron chi connectivity index (χ4n) is 5.94. The molecule has 0 amide bonds. The van der Waals surface area contributed by atoms with Crippen molar-refractivity contribution >= 4 is 5.97 Å². The summed E-state index contributed by atoms with van der Waals surface area (Å²) in [7, 11) is 0. The topological polar surface area (TPSA) is 43.4 Å². The number of carbonyl (C=O) groups excluding carboxylic acids is 1. The molecule has 0 saturated heterocycles. The van der Waals surface area contributed by atoms with Crippen LogP contribution in [0.15, 0.2) is 0 Å². The van der Waals surface area contributed by atoms with Crippen LogP contribution in [-0.2, 0) is 4.79 Å². The largest absolute Gasteiger partial charge is 1.00 e. The third kappa shape index (κ3) is 33.6. The van der Waals surface area contributed by atoms with E-state index in [0.717, 1.165) is 13.1 Å². The number of rotatable bonds is 33. The van der Waals surface area contributed by atoms with Gasteiger partial charge in [-0.25, -0.2) is 0 Å². The van der Waals surface area contributed by atoms with Gasteiger partial charge >= 0.3 is 51.4 Å². The molecule has 0 aliphatic rings. The first kappa shape index (κ1) is 43.2. The predicted molar refractivity (Wildman–Crippen MR) is 171 cm³/mol. The first-order valence-electron chi connectivity index (χ1n) is 18.1. The Kier molecular flexibility index (Phi) is 39.2. The zero-order valence-corrected chi connectivity index (χ0v) is 31.4. The molecule has 0 rings (SSSR count). The van der Waals surface area contributed by atoms with Crippen molar-refractivity contribution < 1.29 is 61.3 Å². The minimum atomic E-state index is -0.908. The van der Waals surface area contributed by atoms with Gasteiger partial charge in [-0.2, -0.15) is 0 Å². The molecule has 0 saturated carbocycles. The van der Waals surface area contributed by atoms with Crippen LogP contribution in [0.5, 0.6) is 0 Å². The van der Waals surface area contributed by atoms with E-state index >= 15 is 0 Å². The maximum absolute atomic E-state index is 11.2. The molecule has 0 spiro atoms. The summed E-state index contributed by atoms with van der Waals surface area (Å²) in [6.07, 6.45) is 38.8. The maximum Gasteiger partial charge on any atom is 1.00 e. The second kappa shape index (κ2) is 36.3. The van der Waals surface area contributed by atoms with Gasteiger partial charge in [-0.1, -0.05) is 181 Å². The van der Waals surface area contributed by atoms with E-state index in [4.69, 9.17) is 0 Å². The summed E-state index contributed by atoms with van der Waals surface area (Å²) in [5.74, 6) is -0.908. The fraction of sp³-hybridized carbons (Fsp3) is 0.972. The van der Waals surface area contributed by atoms with Gasteiger partial charge in [-0.15, -0.1) is 0 Å². The number of nitrogens with zero attached hydrogens (tertiary/aromatic N) is 1. The Morgan fingerprint density at radius 3 is 0.925 bits per heavy atom. The molecule has 0 aromatic carbocycles. The smallest absolute Gasteiger partial charge is 0.550 e. The van der Waals surface area contributed by atoms with E-state index in [-0.39, 0.29) is 63.8 Å². The minimum Gasteiger partial charge on any atom is -0.550 e. The fourth-order valence-corrected chi connectivity index (χ4v) is 5.94. The number of aliphatic carboxylic acids is 1. The summed E-state index contributed by atoms with van der Waals surface area (Å²) in [6.45, 7) is 8.74. The van der Waals surface area contributed by atoms with Crippen LogP contribution in [0.2, 0.25) is 0 Å². The molecule has 1 atom stereocenters. The average molecular weight is 590 g/mol. The molecule has 1 unspecified atom stereocenters. The van der Waals surface area contributed by atoms with Gasteiger partial charge in [0.2, 0.25) is 0 Å². The minimum absolute atomic E-state index is 0. The molecule has 0 bridgehead atoms. The number of unbranched alkanes of at least 4 members (excludes halogenated alkanes) is 26. The average Bonchev–Trinajstić information content (AvgIpc) is 2.91. The molecule has 234 valence electrons. The molecule has 0 aromatic heterocycles. The summed E-state index contributed by atoms with van der Waals surface area (Å²) in [5, 5.41) is 11.2. The van der Waals surface area contributed by atoms with E-state index in [0.29, 0.717) is 0 Å². The molecule has 4 heteroatoms. The van der Waals surface area contributed by atoms with Crippen molar-refractivity contribution in [2.24, 2.45) is 0 Å². The van der Waals surface area contributed by atoms with E-state index in [1.807, 2.05) is 0 Å². The molecular weight excluding hydrogens is 517 g/mol. The quantitative estimate of drug-likeness (QED) is 0.0580. The van der Waals surface area contributed by atoms with Gasteiger partial charge in [-0.05, 0) is 32.9 Å². The number of hydrogen-bond acceptors (Lipinski definition) is 3. The molecule has 0 aliphatic heterocycles. The van der Waals surface area contributed by atoms with Crippen molar-refractivity contribution in [1.82, 2.24) is 4.90 Å². The molecule has 0 heterocycles. The summed E-state index contributed by atoms with van der Waals surface area (Å²) in [6, 6.07) is 0.0962. The van der Waals surface area contributed by atoms with Crippen LogP contribution in [0, 0.1) is 0 Å². The number of carbonyl (C=O) groups is 1. The number of hydrogen-bond donors (Lipinski definition) is 0. The molecule has 0 aromatic rings. The molecule has 0 N–H and O–H groups in total. The second-order valence-corrected chi connectivity index (χ2v) is 12.7. The third-order valence-corrected chi connectivity index (χ3v) is 8.68. The van der Waals surface area contributed by atoms with E-state index in [9.17, 15) is 9.90 Å². The number of carboxylic acids is 1. The summed E-state index contributed by atoms with van der Waals surface area (Å²) in [4.78, 5) is 13.6. The van der Waals surface area contributed by atoms with E-state index in [1.165, 1.54) is 180 Å². The zero-order chi connectivity index (χ0) is 28.7. The Bertz CT molecular complexity index is 455. The summed E-state index contributed by atoms with van der Waals surface area (Å²) in [5.41, 5.74) is 0. The Morgan fingerprint density at radius 2 is 0.700 bits per heavy atom. The molecule has 3 nitrogen and oxygen atoms in total. The van der Waals surface area contributed by atoms with Crippen molar-refractivity contribution in [3.63, 3.8) is 0 Å². The monoisotopic (exact) mass is 590 g/mol. The van der Waals surface area contributed by atoms with Gasteiger partial charge in [0, 0.05) is 18.4 Å². The number of carboxylic acid groups (broad SMARTS) is 1. The van der Waals surface area contributed by atoms with Crippen LogP contribution in [0.25, 0.3) is 0 Å². The van der Waals surface area contributed by atoms with Crippen LogP contribution in [0.3, 0.4) is 0 Å². The molecular formula is C36H72KNO2. The maximum atomic E-state index is 11.2. The van der Waals surface area contributed by atoms with Crippen LogP contribution in [0.4, 0.5) is 0 Å². The van der Waals surface area contributed by atoms with Crippen molar-refractivity contribution in [3.05, 3.63) is 0 Å². The molecule has 0 fully saturated rings. The van der Waals surface area contributed by atoms with Crippen molar-refractivity contribution in [1.29, 1.82) is 0 Å². The van der Waals surface area contributed by atoms with Crippen LogP contribution in [0.1, 0.15) is 207 Å². The SMILES string of the molecule is CCCCCCCCCCCCCCCCN(CCCCCCCCCCCCCCCC)C(C)CC(=O)[O-].[K+]. The Labute approximate surface area is 295 Å². The van der Waals surface area contributed by atoms with Gasteiger partial charge in [0.25, 0.3) is 0 Å². The Morgan fingerprint density at radius 1 is 0.475 bits per heavy atom. The molecule has 0 aliphatic carbocycles. The first-order valence-corrected chi connectivity index (χ1v) is 18.1. The van der Waals surface area contributed by atoms with Gasteiger partial charge in [0.05, 0.1) is 0 Å². The van der Waals surface area contributed by atoms with Crippen molar-refractivity contribution in [3.8, 4) is 0 Å². The normalized spacial score (nSPS) is 12.1. The van der Waals surface area contributed by atoms with Gasteiger partial charge in [-0.3, -0.25) is 0 Å². The van der Waals surface area contributed by atoms with Crippen molar-refractivity contribution in [2.45, 2.75) is 213 Å². The van der Waals surface area contributed by atoms with Gasteiger partial charge < -0.3 is 14.8 Å². The summed E-state index contributed by atoms with van der Waals surface area (Å²) < 4.78 is 0. The standard InChI is InChI=1S/C36H73NO2.K/c1-4-6-8-10-12-14-16-18-20-22-24-26-28-30-32-37(35(3)34-36(38)39)33-31-29-27-25-23-21-19-17-15-13-11-9-7-5-2;/h35H,4-34H2,1-3H3,(H,38,39);/q;+1/p-1. The van der Waals surface area contributed by atoms with Crippen LogP contribution < -0.4 is 56.5 Å². The second-order valence-electron chi connectivity index (χ2n) is 12.7. The van der Waals surface area contributed by atoms with E-state index in [2.05, 4.69) is 25.7 Å². The van der Waals surface area contributed by atoms with Gasteiger partial charge in [0.1, 0.15) is 0 Å². The van der Waals surface area contributed by atoms with Gasteiger partial charge in [0.15, 0.2) is 0 Å². The summed E-state index contributed by atoms with van der Waals surface area (Å²) >= 11 is 0. The van der Waals surface area contributed by atoms with Crippen LogP contribution >= 0.6 is 0 Å². The molecule has 0 radical (unpaired) electrons. The Balaban J connectivity index is 0. The third-order valence-electron chi connectivity index (χ3n) is 8.68. The van der Waals surface area contributed by atoms with E-state index in [1.54, 1.807) is 0 Å². The molecule has 40 heavy (non-hydrogen) atoms.